The van der Waals surface area contributed by atoms with Gasteiger partial charge in [0.1, 0.15) is 5.75 Å². The maximum absolute atomic E-state index is 13.8. The molecule has 0 saturated carbocycles. The van der Waals surface area contributed by atoms with E-state index < -0.39 is 17.8 Å². The minimum absolute atomic E-state index is 0.0309. The van der Waals surface area contributed by atoms with Crippen molar-refractivity contribution < 1.29 is 22.7 Å². The van der Waals surface area contributed by atoms with Crippen LogP contribution in [0, 0.1) is 0 Å². The van der Waals surface area contributed by atoms with E-state index in [0.717, 1.165) is 29.5 Å². The molecule has 2 heterocycles. The highest BCUT2D eigenvalue weighted by atomic mass is 35.5. The van der Waals surface area contributed by atoms with E-state index in [9.17, 15) is 22.8 Å². The van der Waals surface area contributed by atoms with Gasteiger partial charge in [0.05, 0.1) is 46.9 Å². The topological polar surface area (TPSA) is 88.5 Å². The number of para-hydroxylation sites is 1. The lowest BCUT2D eigenvalue weighted by Gasteiger charge is -2.29. The van der Waals surface area contributed by atoms with Crippen LogP contribution in [0.1, 0.15) is 22.4 Å². The van der Waals surface area contributed by atoms with E-state index >= 15 is 0 Å². The molecule has 41 heavy (non-hydrogen) atoms. The van der Waals surface area contributed by atoms with Crippen molar-refractivity contribution in [3.63, 3.8) is 0 Å². The second kappa shape index (κ2) is 11.5. The van der Waals surface area contributed by atoms with Gasteiger partial charge in [-0.2, -0.15) is 13.2 Å². The van der Waals surface area contributed by atoms with Crippen molar-refractivity contribution >= 4 is 29.3 Å². The molecule has 5 rings (SSSR count). The number of alkyl halides is 3. The predicted molar refractivity (Wildman–Crippen MR) is 150 cm³/mol. The monoisotopic (exact) mass is 583 g/mol. The van der Waals surface area contributed by atoms with E-state index in [1.807, 2.05) is 42.5 Å². The Morgan fingerprint density at radius 2 is 1.80 bits per heavy atom. The zero-order valence-corrected chi connectivity index (χ0v) is 22.6. The van der Waals surface area contributed by atoms with E-state index in [4.69, 9.17) is 21.3 Å². The molecule has 0 spiro atoms. The molecule has 0 unspecified atom stereocenters. The van der Waals surface area contributed by atoms with Crippen LogP contribution >= 0.6 is 11.6 Å². The quantitative estimate of drug-likeness (QED) is 0.286. The molecular weight excluding hydrogens is 559 g/mol. The van der Waals surface area contributed by atoms with Crippen LogP contribution in [0.5, 0.6) is 5.75 Å². The number of rotatable bonds is 6. The summed E-state index contributed by atoms with van der Waals surface area (Å²) in [7, 11) is 1.59. The van der Waals surface area contributed by atoms with Crippen LogP contribution in [0.3, 0.4) is 0 Å². The lowest BCUT2D eigenvalue weighted by molar-refractivity contribution is -0.137. The minimum Gasteiger partial charge on any atom is -0.497 e. The van der Waals surface area contributed by atoms with Crippen LogP contribution in [0.4, 0.5) is 29.6 Å². The van der Waals surface area contributed by atoms with Crippen LogP contribution < -0.4 is 20.9 Å². The zero-order chi connectivity index (χ0) is 29.1. The SMILES string of the molecule is COc1ccc(CNc2nc3c(c(=O)n2-c2ccccc2)CN(C(=O)Nc2ccc(C(F)(F)F)cc2Cl)CC3)cc1. The smallest absolute Gasteiger partial charge is 0.416 e. The van der Waals surface area contributed by atoms with Gasteiger partial charge in [-0.05, 0) is 48.0 Å². The molecule has 0 bridgehead atoms. The molecule has 12 heteroatoms. The first-order chi connectivity index (χ1) is 19.6. The van der Waals surface area contributed by atoms with Gasteiger partial charge < -0.3 is 20.3 Å². The summed E-state index contributed by atoms with van der Waals surface area (Å²) >= 11 is 6.01. The highest BCUT2D eigenvalue weighted by Gasteiger charge is 2.31. The van der Waals surface area contributed by atoms with Gasteiger partial charge in [0.15, 0.2) is 0 Å². The molecule has 212 valence electrons. The minimum atomic E-state index is -4.56. The summed E-state index contributed by atoms with van der Waals surface area (Å²) in [5, 5.41) is 5.57. The van der Waals surface area contributed by atoms with E-state index in [-0.39, 0.29) is 29.4 Å². The Bertz CT molecular complexity index is 1630. The number of nitrogens with one attached hydrogen (secondary N) is 2. The lowest BCUT2D eigenvalue weighted by Crippen LogP contribution is -2.43. The number of urea groups is 1. The molecule has 1 aromatic heterocycles. The number of halogens is 4. The molecule has 0 saturated heterocycles. The molecule has 2 N–H and O–H groups in total. The number of carbonyl (C=O) groups is 1. The normalized spacial score (nSPS) is 13.0. The van der Waals surface area contributed by atoms with Gasteiger partial charge in [-0.15, -0.1) is 0 Å². The average Bonchev–Trinajstić information content (AvgIpc) is 2.97. The average molecular weight is 584 g/mol. The molecular formula is C29H25ClF3N5O3. The number of ether oxygens (including phenoxy) is 1. The molecule has 1 aliphatic rings. The van der Waals surface area contributed by atoms with Crippen molar-refractivity contribution in [2.24, 2.45) is 0 Å². The zero-order valence-electron chi connectivity index (χ0n) is 21.8. The molecule has 2 amide bonds. The number of carbonyl (C=O) groups excluding carboxylic acids is 1. The molecule has 4 aromatic rings. The Hall–Kier alpha value is -4.51. The highest BCUT2D eigenvalue weighted by molar-refractivity contribution is 6.33. The highest BCUT2D eigenvalue weighted by Crippen LogP contribution is 2.34. The molecule has 0 atom stereocenters. The van der Waals surface area contributed by atoms with Crippen molar-refractivity contribution in [1.82, 2.24) is 14.5 Å². The summed E-state index contributed by atoms with van der Waals surface area (Å²) in [5.41, 5.74) is 1.26. The van der Waals surface area contributed by atoms with Crippen LogP contribution in [0.15, 0.2) is 77.6 Å². The molecule has 1 aliphatic heterocycles. The Labute approximate surface area is 238 Å². The van der Waals surface area contributed by atoms with Gasteiger partial charge in [-0.3, -0.25) is 4.79 Å². The summed E-state index contributed by atoms with van der Waals surface area (Å²) in [6.45, 7) is 0.623. The third kappa shape index (κ3) is 6.14. The van der Waals surface area contributed by atoms with Crippen molar-refractivity contribution in [2.45, 2.75) is 25.7 Å². The summed E-state index contributed by atoms with van der Waals surface area (Å²) in [6.07, 6.45) is -4.25. The van der Waals surface area contributed by atoms with Crippen molar-refractivity contribution in [3.8, 4) is 11.4 Å². The fourth-order valence-corrected chi connectivity index (χ4v) is 4.72. The second-order valence-corrected chi connectivity index (χ2v) is 9.74. The van der Waals surface area contributed by atoms with Crippen LogP contribution in [-0.4, -0.2) is 34.1 Å². The molecule has 0 aliphatic carbocycles. The van der Waals surface area contributed by atoms with Crippen molar-refractivity contribution in [2.75, 3.05) is 24.3 Å². The van der Waals surface area contributed by atoms with Gasteiger partial charge in [0.25, 0.3) is 5.56 Å². The maximum Gasteiger partial charge on any atom is 0.416 e. The van der Waals surface area contributed by atoms with Crippen molar-refractivity contribution in [3.05, 3.63) is 111 Å². The fourth-order valence-electron chi connectivity index (χ4n) is 4.50. The summed E-state index contributed by atoms with van der Waals surface area (Å²) in [6, 6.07) is 18.6. The fraction of sp³-hybridized carbons (Fsp3) is 0.207. The predicted octanol–water partition coefficient (Wildman–Crippen LogP) is 6.12. The van der Waals surface area contributed by atoms with Crippen molar-refractivity contribution in [1.29, 1.82) is 0 Å². The standard InChI is InChI=1S/C29H25ClF3N5O3/c1-41-21-10-7-18(8-11-21)16-34-27-35-24-13-14-37(17-22(24)26(39)38(27)20-5-3-2-4-6-20)28(40)36-25-12-9-19(15-23(25)30)29(31,32)33/h2-12,15H,13-14,16-17H2,1H3,(H,34,35)(H,36,40). The number of hydrogen-bond acceptors (Lipinski definition) is 5. The van der Waals surface area contributed by atoms with Gasteiger partial charge in [-0.1, -0.05) is 41.9 Å². The van der Waals surface area contributed by atoms with Crippen LogP contribution in [0.2, 0.25) is 5.02 Å². The lowest BCUT2D eigenvalue weighted by atomic mass is 10.1. The first-order valence-corrected chi connectivity index (χ1v) is 13.0. The third-order valence-corrected chi connectivity index (χ3v) is 6.99. The number of nitrogens with zero attached hydrogens (tertiary/aromatic N) is 3. The number of fused-ring (bicyclic) bond motifs is 1. The largest absolute Gasteiger partial charge is 0.497 e. The van der Waals surface area contributed by atoms with E-state index in [1.54, 1.807) is 19.2 Å². The number of amides is 2. The number of benzene rings is 3. The molecule has 3 aromatic carbocycles. The number of anilines is 2. The number of methoxy groups -OCH3 is 1. The maximum atomic E-state index is 13.8. The van der Waals surface area contributed by atoms with E-state index in [0.29, 0.717) is 35.9 Å². The second-order valence-electron chi connectivity index (χ2n) is 9.33. The molecule has 0 fully saturated rings. The van der Waals surface area contributed by atoms with Gasteiger partial charge >= 0.3 is 12.2 Å². The molecule has 0 radical (unpaired) electrons. The summed E-state index contributed by atoms with van der Waals surface area (Å²) < 4.78 is 45.6. The summed E-state index contributed by atoms with van der Waals surface area (Å²) in [5.74, 6) is 1.10. The van der Waals surface area contributed by atoms with E-state index in [1.165, 1.54) is 9.47 Å². The Morgan fingerprint density at radius 3 is 2.46 bits per heavy atom. The van der Waals surface area contributed by atoms with Crippen LogP contribution in [-0.2, 0) is 25.7 Å². The third-order valence-electron chi connectivity index (χ3n) is 6.68. The van der Waals surface area contributed by atoms with E-state index in [2.05, 4.69) is 10.6 Å². The Morgan fingerprint density at radius 1 is 1.07 bits per heavy atom. The first kappa shape index (κ1) is 28.0. The molecule has 8 nitrogen and oxygen atoms in total. The van der Waals surface area contributed by atoms with Gasteiger partial charge in [-0.25, -0.2) is 14.3 Å². The Balaban J connectivity index is 1.40. The van der Waals surface area contributed by atoms with Gasteiger partial charge in [0, 0.05) is 19.5 Å². The first-order valence-electron chi connectivity index (χ1n) is 12.6. The number of aromatic nitrogens is 2. The Kier molecular flexibility index (Phi) is 7.89. The number of hydrogen-bond donors (Lipinski definition) is 2. The van der Waals surface area contributed by atoms with Gasteiger partial charge in [0.2, 0.25) is 5.95 Å². The summed E-state index contributed by atoms with van der Waals surface area (Å²) in [4.78, 5) is 33.0. The van der Waals surface area contributed by atoms with Crippen LogP contribution in [0.25, 0.3) is 5.69 Å².